The van der Waals surface area contributed by atoms with Gasteiger partial charge in [0.1, 0.15) is 11.3 Å². The summed E-state index contributed by atoms with van der Waals surface area (Å²) in [6.45, 7) is 1.74. The van der Waals surface area contributed by atoms with Crippen LogP contribution >= 0.6 is 0 Å². The molecule has 0 atom stereocenters. The number of fused-ring (bicyclic) bond motifs is 1. The molecule has 0 spiro atoms. The third-order valence-corrected chi connectivity index (χ3v) is 4.45. The number of carbonyl (C=O) groups is 2. The van der Waals surface area contributed by atoms with Gasteiger partial charge >= 0.3 is 11.9 Å². The Morgan fingerprint density at radius 1 is 1.13 bits per heavy atom. The standard InChI is InChI=1S/C23H18N2O5/c1-2-29-22(27)16(20(26)18-12-15-10-6-7-11-17(15)24-18)13-19-23(28)30-21(25-19)14-8-4-3-5-9-14/h3-13,24,28H,2H2,1H3/b16-13-. The molecule has 7 nitrogen and oxygen atoms in total. The first-order valence-electron chi connectivity index (χ1n) is 9.33. The number of benzene rings is 2. The number of ketones is 1. The molecule has 4 rings (SSSR count). The molecule has 4 aromatic rings. The zero-order valence-corrected chi connectivity index (χ0v) is 16.1. The Labute approximate surface area is 171 Å². The summed E-state index contributed by atoms with van der Waals surface area (Å²) in [5, 5.41) is 11.0. The highest BCUT2D eigenvalue weighted by molar-refractivity contribution is 6.27. The van der Waals surface area contributed by atoms with Crippen molar-refractivity contribution in [2.45, 2.75) is 6.92 Å². The summed E-state index contributed by atoms with van der Waals surface area (Å²) in [5.41, 5.74) is 1.32. The third-order valence-electron chi connectivity index (χ3n) is 4.45. The highest BCUT2D eigenvalue weighted by Crippen LogP contribution is 2.28. The van der Waals surface area contributed by atoms with Gasteiger partial charge in [-0.2, -0.15) is 0 Å². The second-order valence-electron chi connectivity index (χ2n) is 6.45. The van der Waals surface area contributed by atoms with Crippen LogP contribution in [0.2, 0.25) is 0 Å². The molecule has 0 unspecified atom stereocenters. The molecule has 7 heteroatoms. The van der Waals surface area contributed by atoms with E-state index >= 15 is 0 Å². The molecule has 0 saturated carbocycles. The average Bonchev–Trinajstić information content (AvgIpc) is 3.36. The van der Waals surface area contributed by atoms with Crippen LogP contribution in [0.1, 0.15) is 23.1 Å². The van der Waals surface area contributed by atoms with Crippen molar-refractivity contribution < 1.29 is 23.8 Å². The smallest absolute Gasteiger partial charge is 0.342 e. The minimum atomic E-state index is -0.815. The van der Waals surface area contributed by atoms with Crippen LogP contribution in [0.25, 0.3) is 28.4 Å². The number of oxazole rings is 1. The molecule has 0 aliphatic carbocycles. The lowest BCUT2D eigenvalue weighted by atomic mass is 10.1. The second-order valence-corrected chi connectivity index (χ2v) is 6.45. The maximum atomic E-state index is 13.1. The van der Waals surface area contributed by atoms with Gasteiger partial charge in [0, 0.05) is 16.5 Å². The zero-order valence-electron chi connectivity index (χ0n) is 16.1. The van der Waals surface area contributed by atoms with E-state index < -0.39 is 17.7 Å². The number of nitrogens with zero attached hydrogens (tertiary/aromatic N) is 1. The summed E-state index contributed by atoms with van der Waals surface area (Å²) in [4.78, 5) is 32.8. The van der Waals surface area contributed by atoms with Gasteiger partial charge in [-0.3, -0.25) is 4.79 Å². The molecule has 30 heavy (non-hydrogen) atoms. The van der Waals surface area contributed by atoms with E-state index in [2.05, 4.69) is 9.97 Å². The number of aromatic amines is 1. The summed E-state index contributed by atoms with van der Waals surface area (Å²) in [6.07, 6.45) is 1.18. The number of carbonyl (C=O) groups excluding carboxylic acids is 2. The van der Waals surface area contributed by atoms with Crippen molar-refractivity contribution in [3.8, 4) is 17.4 Å². The van der Waals surface area contributed by atoms with Crippen LogP contribution < -0.4 is 0 Å². The third kappa shape index (κ3) is 3.73. The highest BCUT2D eigenvalue weighted by atomic mass is 16.5. The Hall–Kier alpha value is -4.13. The number of rotatable bonds is 6. The molecule has 0 amide bonds. The predicted octanol–water partition coefficient (Wildman–Crippen LogP) is 4.36. The maximum Gasteiger partial charge on any atom is 0.342 e. The highest BCUT2D eigenvalue weighted by Gasteiger charge is 2.25. The Balaban J connectivity index is 1.75. The van der Waals surface area contributed by atoms with Gasteiger partial charge in [-0.15, -0.1) is 0 Å². The second kappa shape index (κ2) is 8.08. The number of para-hydroxylation sites is 1. The van der Waals surface area contributed by atoms with Crippen LogP contribution in [0.4, 0.5) is 0 Å². The normalized spacial score (nSPS) is 11.6. The first kappa shape index (κ1) is 19.2. The summed E-state index contributed by atoms with van der Waals surface area (Å²) in [6, 6.07) is 18.0. The lowest BCUT2D eigenvalue weighted by Gasteiger charge is -2.04. The summed E-state index contributed by atoms with van der Waals surface area (Å²) in [7, 11) is 0. The Kier molecular flexibility index (Phi) is 5.17. The van der Waals surface area contributed by atoms with E-state index in [0.29, 0.717) is 5.56 Å². The van der Waals surface area contributed by atoms with Crippen LogP contribution in [0.3, 0.4) is 0 Å². The molecule has 0 bridgehead atoms. The zero-order chi connectivity index (χ0) is 21.1. The Bertz CT molecular complexity index is 1220. The summed E-state index contributed by atoms with van der Waals surface area (Å²) in [5.74, 6) is -1.72. The lowest BCUT2D eigenvalue weighted by Crippen LogP contribution is -2.16. The lowest BCUT2D eigenvalue weighted by molar-refractivity contribution is -0.137. The quantitative estimate of drug-likeness (QED) is 0.163. The maximum absolute atomic E-state index is 13.1. The van der Waals surface area contributed by atoms with Gasteiger partial charge in [0.2, 0.25) is 11.7 Å². The minimum Gasteiger partial charge on any atom is -0.479 e. The van der Waals surface area contributed by atoms with Gasteiger partial charge in [-0.05, 0) is 37.3 Å². The Morgan fingerprint density at radius 2 is 1.87 bits per heavy atom. The van der Waals surface area contributed by atoms with Crippen LogP contribution in [0, 0.1) is 0 Å². The van der Waals surface area contributed by atoms with Crippen LogP contribution in [-0.2, 0) is 9.53 Å². The van der Waals surface area contributed by atoms with Gasteiger partial charge in [0.15, 0.2) is 0 Å². The SMILES string of the molecule is CCOC(=O)/C(=C\c1nc(-c2ccccc2)oc1O)C(=O)c1cc2ccccc2[nH]1. The van der Waals surface area contributed by atoms with E-state index in [0.717, 1.165) is 10.9 Å². The number of aromatic hydroxyl groups is 1. The summed E-state index contributed by atoms with van der Waals surface area (Å²) < 4.78 is 10.3. The van der Waals surface area contributed by atoms with Crippen molar-refractivity contribution in [2.24, 2.45) is 0 Å². The molecule has 2 N–H and O–H groups in total. The molecule has 0 fully saturated rings. The van der Waals surface area contributed by atoms with Crippen molar-refractivity contribution in [3.63, 3.8) is 0 Å². The first-order chi connectivity index (χ1) is 14.6. The molecule has 150 valence electrons. The van der Waals surface area contributed by atoms with Crippen molar-refractivity contribution in [1.82, 2.24) is 9.97 Å². The molecule has 0 saturated heterocycles. The van der Waals surface area contributed by atoms with E-state index in [1.54, 1.807) is 37.3 Å². The molecule has 0 aliphatic rings. The van der Waals surface area contributed by atoms with Crippen LogP contribution in [-0.4, -0.2) is 33.4 Å². The molecular formula is C23H18N2O5. The van der Waals surface area contributed by atoms with Crippen LogP contribution in [0.15, 0.2) is 70.7 Å². The Morgan fingerprint density at radius 3 is 2.60 bits per heavy atom. The molecule has 0 aliphatic heterocycles. The van der Waals surface area contributed by atoms with Gasteiger partial charge < -0.3 is 19.2 Å². The number of aromatic nitrogens is 2. The fourth-order valence-electron chi connectivity index (χ4n) is 3.03. The number of hydrogen-bond acceptors (Lipinski definition) is 6. The number of Topliss-reactive ketones (excluding diaryl/α,β-unsaturated/α-hetero) is 1. The number of ether oxygens (including phenoxy) is 1. The van der Waals surface area contributed by atoms with E-state index in [-0.39, 0.29) is 29.5 Å². The topological polar surface area (TPSA) is 105 Å². The largest absolute Gasteiger partial charge is 0.479 e. The van der Waals surface area contributed by atoms with Gasteiger partial charge in [0.05, 0.1) is 12.3 Å². The molecule has 2 heterocycles. The molecule has 2 aromatic carbocycles. The van der Waals surface area contributed by atoms with E-state index in [1.807, 2.05) is 30.3 Å². The van der Waals surface area contributed by atoms with Gasteiger partial charge in [0.25, 0.3) is 0 Å². The van der Waals surface area contributed by atoms with Gasteiger partial charge in [-0.25, -0.2) is 9.78 Å². The molecule has 2 aromatic heterocycles. The molecular weight excluding hydrogens is 384 g/mol. The predicted molar refractivity (Wildman–Crippen MR) is 111 cm³/mol. The van der Waals surface area contributed by atoms with Crippen molar-refractivity contribution >= 4 is 28.7 Å². The molecule has 0 radical (unpaired) electrons. The number of hydrogen-bond donors (Lipinski definition) is 2. The van der Waals surface area contributed by atoms with E-state index in [9.17, 15) is 14.7 Å². The number of nitrogens with one attached hydrogen (secondary N) is 1. The van der Waals surface area contributed by atoms with Crippen molar-refractivity contribution in [3.05, 3.63) is 77.6 Å². The van der Waals surface area contributed by atoms with Crippen molar-refractivity contribution in [2.75, 3.05) is 6.61 Å². The van der Waals surface area contributed by atoms with E-state index in [1.165, 1.54) is 6.08 Å². The fourth-order valence-corrected chi connectivity index (χ4v) is 3.03. The van der Waals surface area contributed by atoms with Crippen LogP contribution in [0.5, 0.6) is 5.95 Å². The number of H-pyrrole nitrogens is 1. The first-order valence-corrected chi connectivity index (χ1v) is 9.33. The average molecular weight is 402 g/mol. The summed E-state index contributed by atoms with van der Waals surface area (Å²) >= 11 is 0. The van der Waals surface area contributed by atoms with Crippen molar-refractivity contribution in [1.29, 1.82) is 0 Å². The van der Waals surface area contributed by atoms with E-state index in [4.69, 9.17) is 9.15 Å². The number of esters is 1. The fraction of sp³-hybridized carbons (Fsp3) is 0.0870. The monoisotopic (exact) mass is 402 g/mol. The minimum absolute atomic E-state index is 0.0404. The van der Waals surface area contributed by atoms with Gasteiger partial charge in [-0.1, -0.05) is 36.4 Å².